The van der Waals surface area contributed by atoms with Crippen LogP contribution < -0.4 is 10.6 Å². The SMILES string of the molecule is Cc1ccc(NC(=O)Nc2ccon2)cc1F. The van der Waals surface area contributed by atoms with Crippen molar-refractivity contribution in [1.29, 1.82) is 0 Å². The number of halogens is 1. The van der Waals surface area contributed by atoms with Gasteiger partial charge in [0.15, 0.2) is 5.82 Å². The van der Waals surface area contributed by atoms with E-state index >= 15 is 0 Å². The fourth-order valence-electron chi connectivity index (χ4n) is 1.23. The van der Waals surface area contributed by atoms with Gasteiger partial charge in [-0.25, -0.2) is 9.18 Å². The second-order valence-corrected chi connectivity index (χ2v) is 3.43. The Balaban J connectivity index is 2.00. The first-order chi connectivity index (χ1) is 8.15. The Bertz CT molecular complexity index is 526. The quantitative estimate of drug-likeness (QED) is 0.841. The van der Waals surface area contributed by atoms with Crippen molar-refractivity contribution < 1.29 is 13.7 Å². The molecule has 17 heavy (non-hydrogen) atoms. The van der Waals surface area contributed by atoms with Crippen LogP contribution in [-0.4, -0.2) is 11.2 Å². The number of carbonyl (C=O) groups excluding carboxylic acids is 1. The average Bonchev–Trinajstić information content (AvgIpc) is 2.76. The van der Waals surface area contributed by atoms with Gasteiger partial charge in [0.25, 0.3) is 0 Å². The highest BCUT2D eigenvalue weighted by Gasteiger charge is 2.05. The molecule has 1 aromatic carbocycles. The molecule has 6 heteroatoms. The van der Waals surface area contributed by atoms with Crippen molar-refractivity contribution in [3.8, 4) is 0 Å². The summed E-state index contributed by atoms with van der Waals surface area (Å²) >= 11 is 0. The van der Waals surface area contributed by atoms with Gasteiger partial charge in [-0.1, -0.05) is 11.2 Å². The van der Waals surface area contributed by atoms with Gasteiger partial charge in [-0.2, -0.15) is 0 Å². The van der Waals surface area contributed by atoms with Crippen LogP contribution in [0, 0.1) is 12.7 Å². The Morgan fingerprint density at radius 3 is 2.82 bits per heavy atom. The van der Waals surface area contributed by atoms with Crippen molar-refractivity contribution in [2.45, 2.75) is 6.92 Å². The van der Waals surface area contributed by atoms with Gasteiger partial charge in [-0.05, 0) is 24.6 Å². The molecular weight excluding hydrogens is 225 g/mol. The van der Waals surface area contributed by atoms with E-state index in [1.807, 2.05) is 0 Å². The highest BCUT2D eigenvalue weighted by atomic mass is 19.1. The molecule has 0 saturated carbocycles. The van der Waals surface area contributed by atoms with Gasteiger partial charge in [0.2, 0.25) is 0 Å². The molecule has 0 atom stereocenters. The summed E-state index contributed by atoms with van der Waals surface area (Å²) in [5, 5.41) is 8.41. The molecule has 0 aliphatic rings. The van der Waals surface area contributed by atoms with E-state index in [1.165, 1.54) is 18.4 Å². The van der Waals surface area contributed by atoms with Gasteiger partial charge < -0.3 is 9.84 Å². The number of urea groups is 1. The van der Waals surface area contributed by atoms with Gasteiger partial charge >= 0.3 is 6.03 Å². The summed E-state index contributed by atoms with van der Waals surface area (Å²) in [6, 6.07) is 5.43. The molecule has 0 saturated heterocycles. The maximum Gasteiger partial charge on any atom is 0.324 e. The lowest BCUT2D eigenvalue weighted by Gasteiger charge is -2.06. The number of hydrogen-bond donors (Lipinski definition) is 2. The summed E-state index contributed by atoms with van der Waals surface area (Å²) in [4.78, 5) is 11.4. The lowest BCUT2D eigenvalue weighted by molar-refractivity contribution is 0.262. The van der Waals surface area contributed by atoms with Crippen molar-refractivity contribution in [2.75, 3.05) is 10.6 Å². The van der Waals surface area contributed by atoms with Crippen LogP contribution in [-0.2, 0) is 0 Å². The Kier molecular flexibility index (Phi) is 3.04. The second kappa shape index (κ2) is 4.65. The van der Waals surface area contributed by atoms with Crippen LogP contribution in [0.2, 0.25) is 0 Å². The molecule has 1 heterocycles. The van der Waals surface area contributed by atoms with Crippen molar-refractivity contribution in [1.82, 2.24) is 5.16 Å². The smallest absolute Gasteiger partial charge is 0.324 e. The molecule has 2 N–H and O–H groups in total. The van der Waals surface area contributed by atoms with Crippen molar-refractivity contribution in [3.63, 3.8) is 0 Å². The average molecular weight is 235 g/mol. The van der Waals surface area contributed by atoms with Crippen LogP contribution in [0.1, 0.15) is 5.56 Å². The van der Waals surface area contributed by atoms with Crippen LogP contribution in [0.5, 0.6) is 0 Å². The number of nitrogens with one attached hydrogen (secondary N) is 2. The molecular formula is C11H10FN3O2. The number of nitrogens with zero attached hydrogens (tertiary/aromatic N) is 1. The molecule has 2 rings (SSSR count). The minimum Gasteiger partial charge on any atom is -0.363 e. The van der Waals surface area contributed by atoms with Gasteiger partial charge in [0, 0.05) is 11.8 Å². The molecule has 2 aromatic rings. The molecule has 88 valence electrons. The zero-order valence-corrected chi connectivity index (χ0v) is 9.03. The third-order valence-corrected chi connectivity index (χ3v) is 2.11. The van der Waals surface area contributed by atoms with E-state index in [1.54, 1.807) is 19.1 Å². The zero-order valence-electron chi connectivity index (χ0n) is 9.03. The Hall–Kier alpha value is -2.37. The summed E-state index contributed by atoms with van der Waals surface area (Å²) in [5.41, 5.74) is 0.890. The first kappa shape index (κ1) is 11.1. The summed E-state index contributed by atoms with van der Waals surface area (Å²) in [7, 11) is 0. The summed E-state index contributed by atoms with van der Waals surface area (Å²) < 4.78 is 17.8. The fourth-order valence-corrected chi connectivity index (χ4v) is 1.23. The molecule has 2 amide bonds. The minimum absolute atomic E-state index is 0.287. The maximum atomic E-state index is 13.2. The summed E-state index contributed by atoms with van der Waals surface area (Å²) in [6.45, 7) is 1.65. The van der Waals surface area contributed by atoms with E-state index in [9.17, 15) is 9.18 Å². The summed E-state index contributed by atoms with van der Waals surface area (Å²) in [5.74, 6) is -0.0840. The highest BCUT2D eigenvalue weighted by molar-refractivity contribution is 5.99. The number of amides is 2. The van der Waals surface area contributed by atoms with Crippen molar-refractivity contribution in [3.05, 3.63) is 41.9 Å². The van der Waals surface area contributed by atoms with Gasteiger partial charge in [0.1, 0.15) is 12.1 Å². The lowest BCUT2D eigenvalue weighted by atomic mass is 10.2. The van der Waals surface area contributed by atoms with Crippen LogP contribution in [0.4, 0.5) is 20.7 Å². The molecule has 5 nitrogen and oxygen atoms in total. The normalized spacial score (nSPS) is 10.0. The molecule has 0 radical (unpaired) electrons. The number of carbonyl (C=O) groups is 1. The number of aryl methyl sites for hydroxylation is 1. The molecule has 0 aliphatic heterocycles. The summed E-state index contributed by atoms with van der Waals surface area (Å²) in [6.07, 6.45) is 1.33. The van der Waals surface area contributed by atoms with Gasteiger partial charge in [0.05, 0.1) is 0 Å². The molecule has 0 aliphatic carbocycles. The monoisotopic (exact) mass is 235 g/mol. The Morgan fingerprint density at radius 1 is 1.35 bits per heavy atom. The third kappa shape index (κ3) is 2.81. The highest BCUT2D eigenvalue weighted by Crippen LogP contribution is 2.13. The molecule has 0 spiro atoms. The first-order valence-corrected chi connectivity index (χ1v) is 4.90. The van der Waals surface area contributed by atoms with Crippen molar-refractivity contribution >= 4 is 17.5 Å². The fraction of sp³-hybridized carbons (Fsp3) is 0.0909. The van der Waals surface area contributed by atoms with E-state index in [0.717, 1.165) is 0 Å². The van der Waals surface area contributed by atoms with Gasteiger partial charge in [-0.3, -0.25) is 5.32 Å². The van der Waals surface area contributed by atoms with Crippen LogP contribution >= 0.6 is 0 Å². The van der Waals surface area contributed by atoms with Crippen molar-refractivity contribution in [2.24, 2.45) is 0 Å². The molecule has 1 aromatic heterocycles. The second-order valence-electron chi connectivity index (χ2n) is 3.43. The largest absolute Gasteiger partial charge is 0.363 e. The minimum atomic E-state index is -0.512. The van der Waals surface area contributed by atoms with Gasteiger partial charge in [-0.15, -0.1) is 0 Å². The number of anilines is 2. The Labute approximate surface area is 96.6 Å². The predicted molar refractivity (Wildman–Crippen MR) is 60.3 cm³/mol. The van der Waals surface area contributed by atoms with E-state index in [4.69, 9.17) is 0 Å². The Morgan fingerprint density at radius 2 is 2.18 bits per heavy atom. The van der Waals surface area contributed by atoms with Crippen LogP contribution in [0.25, 0.3) is 0 Å². The zero-order chi connectivity index (χ0) is 12.3. The number of rotatable bonds is 2. The number of benzene rings is 1. The first-order valence-electron chi connectivity index (χ1n) is 4.90. The van der Waals surface area contributed by atoms with E-state index in [0.29, 0.717) is 11.3 Å². The molecule has 0 unspecified atom stereocenters. The predicted octanol–water partition coefficient (Wildman–Crippen LogP) is 2.77. The van der Waals surface area contributed by atoms with E-state index in [-0.39, 0.29) is 11.6 Å². The van der Waals surface area contributed by atoms with Crippen LogP contribution in [0.3, 0.4) is 0 Å². The molecule has 0 bridgehead atoms. The number of aromatic nitrogens is 1. The lowest BCUT2D eigenvalue weighted by Crippen LogP contribution is -2.19. The third-order valence-electron chi connectivity index (χ3n) is 2.11. The molecule has 0 fully saturated rings. The number of hydrogen-bond acceptors (Lipinski definition) is 3. The maximum absolute atomic E-state index is 13.2. The van der Waals surface area contributed by atoms with E-state index < -0.39 is 6.03 Å². The van der Waals surface area contributed by atoms with E-state index in [2.05, 4.69) is 20.3 Å². The topological polar surface area (TPSA) is 67.2 Å². The standard InChI is InChI=1S/C11H10FN3O2/c1-7-2-3-8(6-9(7)12)13-11(16)14-10-4-5-17-15-10/h2-6H,1H3,(H2,13,14,15,16). The van der Waals surface area contributed by atoms with Crippen LogP contribution in [0.15, 0.2) is 35.1 Å².